The van der Waals surface area contributed by atoms with Gasteiger partial charge in [-0.1, -0.05) is 21.1 Å². The Hall–Kier alpha value is -1.40. The van der Waals surface area contributed by atoms with E-state index in [9.17, 15) is 0 Å². The molecule has 0 saturated heterocycles. The maximum atomic E-state index is 5.67. The first-order valence-electron chi connectivity index (χ1n) is 6.67. The number of halogens is 1. The van der Waals surface area contributed by atoms with Gasteiger partial charge in [0.15, 0.2) is 5.82 Å². The predicted molar refractivity (Wildman–Crippen MR) is 77.7 cm³/mol. The van der Waals surface area contributed by atoms with Crippen molar-refractivity contribution in [2.75, 3.05) is 13.2 Å². The number of aryl methyl sites for hydroxylation is 1. The molecule has 0 bridgehead atoms. The Morgan fingerprint density at radius 2 is 2.35 bits per heavy atom. The number of hydrogen-bond donors (Lipinski definition) is 1. The van der Waals surface area contributed by atoms with Gasteiger partial charge in [-0.25, -0.2) is 0 Å². The summed E-state index contributed by atoms with van der Waals surface area (Å²) in [5.74, 6) is 2.32. The van der Waals surface area contributed by atoms with Crippen LogP contribution in [0, 0.1) is 6.92 Å². The molecular weight excluding hydrogens is 322 g/mol. The number of benzene rings is 1. The predicted octanol–water partition coefficient (Wildman–Crippen LogP) is 2.80. The third-order valence-corrected chi connectivity index (χ3v) is 3.80. The first-order chi connectivity index (χ1) is 9.72. The number of nitrogens with one attached hydrogen (secondary N) is 1. The average Bonchev–Trinajstić information content (AvgIpc) is 2.85. The molecule has 6 heteroatoms. The van der Waals surface area contributed by atoms with Crippen LogP contribution in [-0.4, -0.2) is 23.3 Å². The van der Waals surface area contributed by atoms with Crippen molar-refractivity contribution >= 4 is 15.9 Å². The summed E-state index contributed by atoms with van der Waals surface area (Å²) in [6.45, 7) is 3.37. The number of ether oxygens (including phenoxy) is 1. The van der Waals surface area contributed by atoms with Crippen LogP contribution in [0.5, 0.6) is 5.75 Å². The molecule has 1 aliphatic heterocycles. The highest BCUT2D eigenvalue weighted by Gasteiger charge is 2.21. The number of fused-ring (bicyclic) bond motifs is 1. The molecule has 0 aliphatic carbocycles. The van der Waals surface area contributed by atoms with E-state index in [-0.39, 0.29) is 0 Å². The van der Waals surface area contributed by atoms with Gasteiger partial charge in [0.1, 0.15) is 5.75 Å². The van der Waals surface area contributed by atoms with Gasteiger partial charge < -0.3 is 14.6 Å². The molecule has 3 rings (SSSR count). The Balaban J connectivity index is 1.63. The highest BCUT2D eigenvalue weighted by Crippen LogP contribution is 2.33. The third kappa shape index (κ3) is 3.02. The van der Waals surface area contributed by atoms with E-state index in [2.05, 4.69) is 37.5 Å². The van der Waals surface area contributed by atoms with E-state index in [0.29, 0.717) is 17.8 Å². The van der Waals surface area contributed by atoms with Crippen LogP contribution in [0.25, 0.3) is 0 Å². The summed E-state index contributed by atoms with van der Waals surface area (Å²) >= 11 is 3.51. The zero-order valence-electron chi connectivity index (χ0n) is 11.2. The van der Waals surface area contributed by atoms with E-state index in [4.69, 9.17) is 9.26 Å². The van der Waals surface area contributed by atoms with E-state index in [1.807, 2.05) is 19.1 Å². The minimum absolute atomic E-state index is 0.306. The Bertz CT molecular complexity index is 600. The fourth-order valence-electron chi connectivity index (χ4n) is 2.37. The van der Waals surface area contributed by atoms with Gasteiger partial charge in [0.2, 0.25) is 5.89 Å². The smallest absolute Gasteiger partial charge is 0.227 e. The molecule has 5 nitrogen and oxygen atoms in total. The first kappa shape index (κ1) is 13.6. The van der Waals surface area contributed by atoms with Crippen LogP contribution in [0.2, 0.25) is 0 Å². The molecule has 1 unspecified atom stereocenters. The Morgan fingerprint density at radius 1 is 1.45 bits per heavy atom. The second kappa shape index (κ2) is 5.93. The second-order valence-electron chi connectivity index (χ2n) is 4.81. The maximum Gasteiger partial charge on any atom is 0.227 e. The summed E-state index contributed by atoms with van der Waals surface area (Å²) in [5, 5.41) is 7.32. The van der Waals surface area contributed by atoms with E-state index in [0.717, 1.165) is 36.2 Å². The van der Waals surface area contributed by atoms with Crippen molar-refractivity contribution in [2.45, 2.75) is 25.8 Å². The normalized spacial score (nSPS) is 17.6. The minimum Gasteiger partial charge on any atom is -0.493 e. The van der Waals surface area contributed by atoms with Crippen LogP contribution < -0.4 is 10.1 Å². The first-order valence-corrected chi connectivity index (χ1v) is 7.46. The minimum atomic E-state index is 0.306. The number of aromatic nitrogens is 2. The molecule has 2 aromatic rings. The number of nitrogens with zero attached hydrogens (tertiary/aromatic N) is 2. The molecule has 1 N–H and O–H groups in total. The molecular formula is C14H16BrN3O2. The fourth-order valence-corrected chi connectivity index (χ4v) is 2.75. The van der Waals surface area contributed by atoms with Crippen LogP contribution in [0.3, 0.4) is 0 Å². The molecule has 20 heavy (non-hydrogen) atoms. The van der Waals surface area contributed by atoms with Crippen LogP contribution in [0.4, 0.5) is 0 Å². The molecule has 0 saturated carbocycles. The van der Waals surface area contributed by atoms with Crippen molar-refractivity contribution in [1.82, 2.24) is 15.5 Å². The van der Waals surface area contributed by atoms with Crippen LogP contribution in [0.15, 0.2) is 27.2 Å². The van der Waals surface area contributed by atoms with Crippen LogP contribution in [0.1, 0.15) is 29.7 Å². The van der Waals surface area contributed by atoms with Gasteiger partial charge in [-0.3, -0.25) is 0 Å². The van der Waals surface area contributed by atoms with Gasteiger partial charge in [-0.2, -0.15) is 4.98 Å². The van der Waals surface area contributed by atoms with Gasteiger partial charge in [0.25, 0.3) is 0 Å². The lowest BCUT2D eigenvalue weighted by atomic mass is 10.0. The van der Waals surface area contributed by atoms with Gasteiger partial charge in [-0.05, 0) is 25.1 Å². The Morgan fingerprint density at radius 3 is 3.15 bits per heavy atom. The van der Waals surface area contributed by atoms with Crippen molar-refractivity contribution in [2.24, 2.45) is 0 Å². The zero-order valence-corrected chi connectivity index (χ0v) is 12.8. The van der Waals surface area contributed by atoms with E-state index in [1.165, 1.54) is 5.56 Å². The van der Waals surface area contributed by atoms with E-state index >= 15 is 0 Å². The third-order valence-electron chi connectivity index (χ3n) is 3.31. The van der Waals surface area contributed by atoms with Crippen molar-refractivity contribution in [3.8, 4) is 5.75 Å². The Kier molecular flexibility index (Phi) is 4.03. The Labute approximate surface area is 125 Å². The summed E-state index contributed by atoms with van der Waals surface area (Å²) in [5.41, 5.74) is 1.20. The fraction of sp³-hybridized carbons (Fsp3) is 0.429. The van der Waals surface area contributed by atoms with Crippen LogP contribution in [-0.2, 0) is 6.42 Å². The maximum absolute atomic E-state index is 5.67. The molecule has 1 atom stereocenters. The van der Waals surface area contributed by atoms with Gasteiger partial charge in [-0.15, -0.1) is 0 Å². The highest BCUT2D eigenvalue weighted by atomic mass is 79.9. The van der Waals surface area contributed by atoms with Gasteiger partial charge in [0.05, 0.1) is 6.61 Å². The molecule has 1 aromatic heterocycles. The summed E-state index contributed by atoms with van der Waals surface area (Å²) in [7, 11) is 0. The molecule has 1 aliphatic rings. The van der Waals surface area contributed by atoms with Crippen molar-refractivity contribution < 1.29 is 9.26 Å². The molecule has 2 heterocycles. The molecule has 0 fully saturated rings. The number of rotatable bonds is 4. The lowest BCUT2D eigenvalue weighted by molar-refractivity contribution is 0.252. The highest BCUT2D eigenvalue weighted by molar-refractivity contribution is 9.10. The molecule has 0 spiro atoms. The van der Waals surface area contributed by atoms with E-state index in [1.54, 1.807) is 0 Å². The molecule has 0 amide bonds. The molecule has 106 valence electrons. The SMILES string of the molecule is Cc1noc(CCNC2CCOc3ccc(Br)cc32)n1. The standard InChI is InChI=1S/C14H16BrN3O2/c1-9-17-14(20-18-9)4-6-16-12-5-7-19-13-3-2-10(15)8-11(12)13/h2-3,8,12,16H,4-7H2,1H3. The van der Waals surface area contributed by atoms with Gasteiger partial charge in [0, 0.05) is 35.5 Å². The topological polar surface area (TPSA) is 60.2 Å². The summed E-state index contributed by atoms with van der Waals surface area (Å²) in [6.07, 6.45) is 1.70. The summed E-state index contributed by atoms with van der Waals surface area (Å²) in [6, 6.07) is 6.43. The summed E-state index contributed by atoms with van der Waals surface area (Å²) < 4.78 is 11.9. The molecule has 0 radical (unpaired) electrons. The van der Waals surface area contributed by atoms with Crippen molar-refractivity contribution in [1.29, 1.82) is 0 Å². The van der Waals surface area contributed by atoms with Crippen molar-refractivity contribution in [3.05, 3.63) is 40.0 Å². The largest absolute Gasteiger partial charge is 0.493 e. The molecule has 1 aromatic carbocycles. The van der Waals surface area contributed by atoms with Crippen LogP contribution >= 0.6 is 15.9 Å². The average molecular weight is 338 g/mol. The van der Waals surface area contributed by atoms with E-state index < -0.39 is 0 Å². The number of hydrogen-bond acceptors (Lipinski definition) is 5. The lowest BCUT2D eigenvalue weighted by Crippen LogP contribution is -2.28. The van der Waals surface area contributed by atoms with Crippen molar-refractivity contribution in [3.63, 3.8) is 0 Å². The summed E-state index contributed by atoms with van der Waals surface area (Å²) in [4.78, 5) is 4.20. The quantitative estimate of drug-likeness (QED) is 0.929. The monoisotopic (exact) mass is 337 g/mol. The second-order valence-corrected chi connectivity index (χ2v) is 5.73. The zero-order chi connectivity index (χ0) is 13.9. The lowest BCUT2D eigenvalue weighted by Gasteiger charge is -2.26. The van der Waals surface area contributed by atoms with Gasteiger partial charge >= 0.3 is 0 Å².